The summed E-state index contributed by atoms with van der Waals surface area (Å²) in [5, 5.41) is 10.9. The van der Waals surface area contributed by atoms with Crippen LogP contribution in [0, 0.1) is 17.1 Å². The molecule has 3 rings (SSSR count). The molecule has 11 heteroatoms. The van der Waals surface area contributed by atoms with E-state index in [1.54, 1.807) is 0 Å². The third-order valence-corrected chi connectivity index (χ3v) is 3.72. The number of hydrogen-bond acceptors (Lipinski definition) is 5. The molecule has 0 radical (unpaired) electrons. The highest BCUT2D eigenvalue weighted by Gasteiger charge is 2.38. The van der Waals surface area contributed by atoms with E-state index in [2.05, 4.69) is 0 Å². The van der Waals surface area contributed by atoms with Crippen molar-refractivity contribution in [2.75, 3.05) is 5.73 Å². The molecule has 0 bridgehead atoms. The fraction of sp³-hybridized carbons (Fsp3) is 0.0667. The molecule has 0 unspecified atom stereocenters. The summed E-state index contributed by atoms with van der Waals surface area (Å²) in [6, 6.07) is 3.12. The van der Waals surface area contributed by atoms with Crippen LogP contribution in [0.25, 0.3) is 5.69 Å². The number of hydrogen-bond donors (Lipinski definition) is 2. The highest BCUT2D eigenvalue weighted by Crippen LogP contribution is 2.35. The largest absolute Gasteiger partial charge is 0.419 e. The number of nitriles is 1. The maximum absolute atomic E-state index is 14.5. The van der Waals surface area contributed by atoms with Crippen molar-refractivity contribution in [2.24, 2.45) is 0 Å². The van der Waals surface area contributed by atoms with Crippen LogP contribution < -0.4 is 16.6 Å². The van der Waals surface area contributed by atoms with Crippen LogP contribution in [0.15, 0.2) is 23.0 Å². The molecule has 2 heterocycles. The first-order valence-electron chi connectivity index (χ1n) is 6.79. The zero-order chi connectivity index (χ0) is 19.4. The normalized spacial score (nSPS) is 13.3. The number of amides is 2. The SMILES string of the molecule is N#Cc1ccc(C(F)(F)F)c(F)c1-n1c(N)c2c(cc1=O)C(=O)NC2=O. The molecule has 0 fully saturated rings. The lowest BCUT2D eigenvalue weighted by Gasteiger charge is -2.17. The van der Waals surface area contributed by atoms with E-state index in [9.17, 15) is 31.9 Å². The van der Waals surface area contributed by atoms with Gasteiger partial charge in [-0.05, 0) is 12.1 Å². The summed E-state index contributed by atoms with van der Waals surface area (Å²) in [5.74, 6) is -4.59. The highest BCUT2D eigenvalue weighted by atomic mass is 19.4. The second-order valence-corrected chi connectivity index (χ2v) is 5.21. The topological polar surface area (TPSA) is 118 Å². The number of halogens is 4. The summed E-state index contributed by atoms with van der Waals surface area (Å²) < 4.78 is 53.7. The maximum Gasteiger partial charge on any atom is 0.419 e. The minimum atomic E-state index is -5.10. The van der Waals surface area contributed by atoms with E-state index in [1.807, 2.05) is 5.32 Å². The molecule has 7 nitrogen and oxygen atoms in total. The van der Waals surface area contributed by atoms with Crippen molar-refractivity contribution >= 4 is 17.6 Å². The third-order valence-electron chi connectivity index (χ3n) is 3.72. The number of alkyl halides is 3. The number of carbonyl (C=O) groups excluding carboxylic acids is 2. The molecule has 0 spiro atoms. The van der Waals surface area contributed by atoms with Crippen LogP contribution in [0.5, 0.6) is 0 Å². The van der Waals surface area contributed by atoms with E-state index in [1.165, 1.54) is 6.07 Å². The summed E-state index contributed by atoms with van der Waals surface area (Å²) in [7, 11) is 0. The molecule has 1 aliphatic rings. The van der Waals surface area contributed by atoms with Crippen molar-refractivity contribution < 1.29 is 27.2 Å². The number of rotatable bonds is 1. The van der Waals surface area contributed by atoms with Gasteiger partial charge >= 0.3 is 6.18 Å². The lowest BCUT2D eigenvalue weighted by atomic mass is 10.1. The minimum Gasteiger partial charge on any atom is -0.384 e. The Morgan fingerprint density at radius 2 is 1.81 bits per heavy atom. The number of nitrogens with one attached hydrogen (secondary N) is 1. The van der Waals surface area contributed by atoms with Crippen LogP contribution in [0.3, 0.4) is 0 Å². The van der Waals surface area contributed by atoms with Crippen LogP contribution in [-0.2, 0) is 6.18 Å². The fourth-order valence-electron chi connectivity index (χ4n) is 2.60. The zero-order valence-corrected chi connectivity index (χ0v) is 12.4. The lowest BCUT2D eigenvalue weighted by molar-refractivity contribution is -0.140. The molecule has 2 aromatic rings. The van der Waals surface area contributed by atoms with Gasteiger partial charge in [0.25, 0.3) is 17.4 Å². The van der Waals surface area contributed by atoms with Crippen molar-refractivity contribution in [3.05, 3.63) is 56.6 Å². The second-order valence-electron chi connectivity index (χ2n) is 5.21. The average molecular weight is 366 g/mol. The predicted octanol–water partition coefficient (Wildman–Crippen LogP) is 1.33. The number of benzene rings is 1. The Kier molecular flexibility index (Phi) is 3.57. The zero-order valence-electron chi connectivity index (χ0n) is 12.4. The van der Waals surface area contributed by atoms with Gasteiger partial charge in [0.2, 0.25) is 0 Å². The molecule has 0 atom stereocenters. The van der Waals surface area contributed by atoms with Crippen LogP contribution in [0.2, 0.25) is 0 Å². The van der Waals surface area contributed by atoms with Gasteiger partial charge in [-0.1, -0.05) is 0 Å². The predicted molar refractivity (Wildman–Crippen MR) is 77.9 cm³/mol. The third kappa shape index (κ3) is 2.31. The van der Waals surface area contributed by atoms with Crippen molar-refractivity contribution in [1.82, 2.24) is 9.88 Å². The molecule has 3 N–H and O–H groups in total. The highest BCUT2D eigenvalue weighted by molar-refractivity contribution is 6.23. The molecule has 1 aliphatic heterocycles. The van der Waals surface area contributed by atoms with Crippen LogP contribution in [0.1, 0.15) is 31.8 Å². The van der Waals surface area contributed by atoms with Crippen molar-refractivity contribution in [1.29, 1.82) is 5.26 Å². The van der Waals surface area contributed by atoms with Gasteiger partial charge in [0, 0.05) is 6.07 Å². The number of imide groups is 1. The van der Waals surface area contributed by atoms with E-state index >= 15 is 0 Å². The summed E-state index contributed by atoms with van der Waals surface area (Å²) in [6.07, 6.45) is -5.10. The van der Waals surface area contributed by atoms with Crippen molar-refractivity contribution in [3.63, 3.8) is 0 Å². The fourth-order valence-corrected chi connectivity index (χ4v) is 2.60. The molecule has 0 saturated carbocycles. The number of anilines is 1. The van der Waals surface area contributed by atoms with Gasteiger partial charge in [-0.2, -0.15) is 18.4 Å². The first-order chi connectivity index (χ1) is 12.1. The smallest absolute Gasteiger partial charge is 0.384 e. The Hall–Kier alpha value is -3.68. The summed E-state index contributed by atoms with van der Waals surface area (Å²) in [5.41, 5.74) is 0.209. The first-order valence-corrected chi connectivity index (χ1v) is 6.79. The Labute approximate surface area is 141 Å². The molecule has 1 aromatic heterocycles. The number of aromatic nitrogens is 1. The number of nitrogens with two attached hydrogens (primary N) is 1. The number of nitrogen functional groups attached to an aromatic ring is 1. The van der Waals surface area contributed by atoms with Gasteiger partial charge in [0.1, 0.15) is 17.6 Å². The Morgan fingerprint density at radius 1 is 1.15 bits per heavy atom. The average Bonchev–Trinajstić information content (AvgIpc) is 2.81. The van der Waals surface area contributed by atoms with Gasteiger partial charge in [0.05, 0.1) is 22.3 Å². The maximum atomic E-state index is 14.5. The van der Waals surface area contributed by atoms with E-state index in [4.69, 9.17) is 11.0 Å². The number of fused-ring (bicyclic) bond motifs is 1. The molecule has 0 saturated heterocycles. The van der Waals surface area contributed by atoms with Gasteiger partial charge < -0.3 is 5.73 Å². The summed E-state index contributed by atoms with van der Waals surface area (Å²) >= 11 is 0. The van der Waals surface area contributed by atoms with E-state index in [-0.39, 0.29) is 10.1 Å². The van der Waals surface area contributed by atoms with Gasteiger partial charge in [-0.25, -0.2) is 4.39 Å². The Balaban J connectivity index is 2.45. The summed E-state index contributed by atoms with van der Waals surface area (Å²) in [4.78, 5) is 35.7. The molecule has 0 aliphatic carbocycles. The van der Waals surface area contributed by atoms with E-state index in [0.29, 0.717) is 18.2 Å². The molecule has 1 aromatic carbocycles. The second kappa shape index (κ2) is 5.41. The Bertz CT molecular complexity index is 1100. The molecular weight excluding hydrogens is 360 g/mol. The molecule has 26 heavy (non-hydrogen) atoms. The molecular formula is C15H6F4N4O3. The quantitative estimate of drug-likeness (QED) is 0.583. The van der Waals surface area contributed by atoms with Gasteiger partial charge in [-0.3, -0.25) is 24.3 Å². The minimum absolute atomic E-state index is 0.264. The molecule has 2 amide bonds. The van der Waals surface area contributed by atoms with E-state index < -0.39 is 57.6 Å². The first kappa shape index (κ1) is 17.2. The number of nitrogens with zero attached hydrogens (tertiary/aromatic N) is 2. The number of carbonyl (C=O) groups is 2. The number of pyridine rings is 1. The molecule has 132 valence electrons. The monoisotopic (exact) mass is 366 g/mol. The van der Waals surface area contributed by atoms with Crippen LogP contribution >= 0.6 is 0 Å². The Morgan fingerprint density at radius 3 is 2.38 bits per heavy atom. The lowest BCUT2D eigenvalue weighted by Crippen LogP contribution is -2.26. The van der Waals surface area contributed by atoms with Gasteiger partial charge in [-0.15, -0.1) is 0 Å². The van der Waals surface area contributed by atoms with Crippen LogP contribution in [-0.4, -0.2) is 16.4 Å². The van der Waals surface area contributed by atoms with Crippen LogP contribution in [0.4, 0.5) is 23.4 Å². The van der Waals surface area contributed by atoms with Gasteiger partial charge in [0.15, 0.2) is 5.82 Å². The van der Waals surface area contributed by atoms with Crippen molar-refractivity contribution in [2.45, 2.75) is 6.18 Å². The summed E-state index contributed by atoms with van der Waals surface area (Å²) in [6.45, 7) is 0. The van der Waals surface area contributed by atoms with E-state index in [0.717, 1.165) is 0 Å². The van der Waals surface area contributed by atoms with Crippen molar-refractivity contribution in [3.8, 4) is 11.8 Å². The standard InChI is InChI=1S/C15H6F4N4O3/c16-10-7(15(17,18)19)2-1-5(4-20)11(10)23-8(24)3-6-9(12(23)21)14(26)22-13(6)25/h1-3H,21H2,(H,22,25,26).